The lowest BCUT2D eigenvalue weighted by molar-refractivity contribution is 0.362. The molecule has 0 unspecified atom stereocenters. The molecule has 1 aromatic rings. The molecular weight excluding hydrogens is 308 g/mol. The normalized spacial score (nSPS) is 17.6. The lowest BCUT2D eigenvalue weighted by Gasteiger charge is -2.40. The number of sulfonamides is 1. The molecule has 0 aromatic carbocycles. The van der Waals surface area contributed by atoms with Crippen molar-refractivity contribution in [3.63, 3.8) is 0 Å². The molecule has 120 valence electrons. The van der Waals surface area contributed by atoms with Gasteiger partial charge in [-0.2, -0.15) is 16.9 Å². The van der Waals surface area contributed by atoms with E-state index in [1.807, 2.05) is 13.2 Å². The van der Waals surface area contributed by atoms with E-state index in [0.717, 1.165) is 25.9 Å². The molecule has 8 heteroatoms. The Labute approximate surface area is 131 Å². The molecule has 0 spiro atoms. The van der Waals surface area contributed by atoms with Crippen LogP contribution in [0.25, 0.3) is 0 Å². The Balaban J connectivity index is 1.93. The molecule has 1 aromatic heterocycles. The van der Waals surface area contributed by atoms with Crippen LogP contribution in [-0.4, -0.2) is 48.8 Å². The second kappa shape index (κ2) is 7.13. The number of hydrogen-bond acceptors (Lipinski definition) is 5. The highest BCUT2D eigenvalue weighted by molar-refractivity contribution is 8.00. The van der Waals surface area contributed by atoms with Crippen LogP contribution in [0.5, 0.6) is 0 Å². The average molecular weight is 332 g/mol. The van der Waals surface area contributed by atoms with Crippen LogP contribution in [0.15, 0.2) is 17.3 Å². The molecule has 0 radical (unpaired) electrons. The van der Waals surface area contributed by atoms with E-state index in [2.05, 4.69) is 15.1 Å². The van der Waals surface area contributed by atoms with Crippen molar-refractivity contribution >= 4 is 21.8 Å². The highest BCUT2D eigenvalue weighted by Crippen LogP contribution is 2.42. The Bertz CT molecular complexity index is 547. The van der Waals surface area contributed by atoms with Crippen LogP contribution in [0.1, 0.15) is 26.2 Å². The third-order valence-electron chi connectivity index (χ3n) is 3.97. The summed E-state index contributed by atoms with van der Waals surface area (Å²) >= 11 is 1.76. The minimum atomic E-state index is -3.46. The predicted molar refractivity (Wildman–Crippen MR) is 86.1 cm³/mol. The van der Waals surface area contributed by atoms with Gasteiger partial charge in [-0.05, 0) is 25.6 Å². The van der Waals surface area contributed by atoms with Crippen molar-refractivity contribution in [3.05, 3.63) is 12.4 Å². The molecule has 0 saturated heterocycles. The van der Waals surface area contributed by atoms with E-state index in [-0.39, 0.29) is 9.64 Å². The van der Waals surface area contributed by atoms with Crippen molar-refractivity contribution in [3.8, 4) is 0 Å². The number of hydrogen-bond donors (Lipinski definition) is 2. The van der Waals surface area contributed by atoms with E-state index in [9.17, 15) is 8.42 Å². The molecule has 1 saturated carbocycles. The van der Waals surface area contributed by atoms with Crippen LogP contribution < -0.4 is 10.0 Å². The Hall–Kier alpha value is -0.570. The molecule has 1 fully saturated rings. The molecule has 2 N–H and O–H groups in total. The van der Waals surface area contributed by atoms with Crippen LogP contribution in [0.2, 0.25) is 0 Å². The second-order valence-electron chi connectivity index (χ2n) is 5.36. The fourth-order valence-corrected chi connectivity index (χ4v) is 4.39. The van der Waals surface area contributed by atoms with Gasteiger partial charge in [-0.1, -0.05) is 13.3 Å². The first kappa shape index (κ1) is 16.8. The zero-order chi connectivity index (χ0) is 15.3. The van der Waals surface area contributed by atoms with Gasteiger partial charge in [0.25, 0.3) is 0 Å². The van der Waals surface area contributed by atoms with Crippen LogP contribution in [0, 0.1) is 0 Å². The van der Waals surface area contributed by atoms with Crippen LogP contribution in [0.4, 0.5) is 0 Å². The summed E-state index contributed by atoms with van der Waals surface area (Å²) in [4.78, 5) is 0.245. The zero-order valence-corrected chi connectivity index (χ0v) is 14.3. The van der Waals surface area contributed by atoms with E-state index in [0.29, 0.717) is 13.1 Å². The molecular formula is C13H24N4O2S2. The van der Waals surface area contributed by atoms with E-state index < -0.39 is 10.0 Å². The summed E-state index contributed by atoms with van der Waals surface area (Å²) in [6.45, 7) is 4.87. The maximum Gasteiger partial charge on any atom is 0.243 e. The number of nitrogens with zero attached hydrogens (tertiary/aromatic N) is 2. The molecule has 21 heavy (non-hydrogen) atoms. The molecule has 0 amide bonds. The van der Waals surface area contributed by atoms with Gasteiger partial charge < -0.3 is 5.32 Å². The second-order valence-corrected chi connectivity index (χ2v) is 8.40. The van der Waals surface area contributed by atoms with Crippen molar-refractivity contribution in [2.75, 3.05) is 25.9 Å². The van der Waals surface area contributed by atoms with Gasteiger partial charge in [0.2, 0.25) is 10.0 Å². The van der Waals surface area contributed by atoms with E-state index in [1.54, 1.807) is 22.6 Å². The Morgan fingerprint density at radius 1 is 1.48 bits per heavy atom. The fourth-order valence-electron chi connectivity index (χ4n) is 2.31. The van der Waals surface area contributed by atoms with Crippen LogP contribution in [0.3, 0.4) is 0 Å². The van der Waals surface area contributed by atoms with Gasteiger partial charge in [0.15, 0.2) is 0 Å². The topological polar surface area (TPSA) is 76.0 Å². The maximum atomic E-state index is 12.3. The third kappa shape index (κ3) is 4.21. The summed E-state index contributed by atoms with van der Waals surface area (Å²) in [6.07, 6.45) is 8.40. The highest BCUT2D eigenvalue weighted by atomic mass is 32.2. The summed E-state index contributed by atoms with van der Waals surface area (Å²) in [6, 6.07) is 0. The first-order valence-corrected chi connectivity index (χ1v) is 10.0. The van der Waals surface area contributed by atoms with Crippen molar-refractivity contribution in [1.29, 1.82) is 0 Å². The standard InChI is InChI=1S/C13H24N4O2S2/c1-3-14-7-8-17-10-12(9-15-17)21(18,19)16-11-13(20-2)5-4-6-13/h9-10,14,16H,3-8,11H2,1-2H3. The lowest BCUT2D eigenvalue weighted by Crippen LogP contribution is -2.45. The molecule has 0 bridgehead atoms. The molecule has 1 aliphatic carbocycles. The minimum Gasteiger partial charge on any atom is -0.315 e. The number of nitrogens with one attached hydrogen (secondary N) is 2. The Morgan fingerprint density at radius 3 is 2.81 bits per heavy atom. The van der Waals surface area contributed by atoms with E-state index in [1.165, 1.54) is 12.6 Å². The first-order valence-electron chi connectivity index (χ1n) is 7.29. The first-order chi connectivity index (χ1) is 10.0. The highest BCUT2D eigenvalue weighted by Gasteiger charge is 2.37. The molecule has 0 aliphatic heterocycles. The Morgan fingerprint density at radius 2 is 2.24 bits per heavy atom. The van der Waals surface area contributed by atoms with Crippen molar-refractivity contribution in [2.24, 2.45) is 0 Å². The summed E-state index contributed by atoms with van der Waals surface area (Å²) in [5, 5.41) is 7.29. The quantitative estimate of drug-likeness (QED) is 0.661. The molecule has 6 nitrogen and oxygen atoms in total. The maximum absolute atomic E-state index is 12.3. The van der Waals surface area contributed by atoms with Gasteiger partial charge >= 0.3 is 0 Å². The van der Waals surface area contributed by atoms with Gasteiger partial charge in [0, 0.05) is 24.0 Å². The monoisotopic (exact) mass is 332 g/mol. The van der Waals surface area contributed by atoms with Gasteiger partial charge in [0.05, 0.1) is 12.7 Å². The summed E-state index contributed by atoms with van der Waals surface area (Å²) in [5.74, 6) is 0. The molecule has 0 atom stereocenters. The summed E-state index contributed by atoms with van der Waals surface area (Å²) in [7, 11) is -3.46. The number of thioether (sulfide) groups is 1. The predicted octanol–water partition coefficient (Wildman–Crippen LogP) is 1.06. The number of aromatic nitrogens is 2. The van der Waals surface area contributed by atoms with Gasteiger partial charge in [-0.3, -0.25) is 4.68 Å². The van der Waals surface area contributed by atoms with Gasteiger partial charge in [-0.15, -0.1) is 0 Å². The molecule has 2 rings (SSSR count). The Kier molecular flexibility index (Phi) is 5.70. The van der Waals surface area contributed by atoms with Crippen LogP contribution >= 0.6 is 11.8 Å². The SMILES string of the molecule is CCNCCn1cc(S(=O)(=O)NCC2(SC)CCC2)cn1. The summed E-state index contributed by atoms with van der Waals surface area (Å²) in [5.41, 5.74) is 0. The summed E-state index contributed by atoms with van der Waals surface area (Å²) < 4.78 is 29.1. The largest absolute Gasteiger partial charge is 0.315 e. The molecule has 1 heterocycles. The average Bonchev–Trinajstić information content (AvgIpc) is 2.88. The van der Waals surface area contributed by atoms with Crippen LogP contribution in [-0.2, 0) is 16.6 Å². The third-order valence-corrected chi connectivity index (χ3v) is 6.74. The lowest BCUT2D eigenvalue weighted by atomic mass is 9.84. The van der Waals surface area contributed by atoms with Gasteiger partial charge in [0.1, 0.15) is 4.90 Å². The zero-order valence-electron chi connectivity index (χ0n) is 12.6. The van der Waals surface area contributed by atoms with Crippen molar-refractivity contribution in [1.82, 2.24) is 19.8 Å². The van der Waals surface area contributed by atoms with Crippen molar-refractivity contribution in [2.45, 2.75) is 42.4 Å². The smallest absolute Gasteiger partial charge is 0.243 e. The minimum absolute atomic E-state index is 0.0914. The molecule has 1 aliphatic rings. The van der Waals surface area contributed by atoms with Crippen molar-refractivity contribution < 1.29 is 8.42 Å². The number of rotatable bonds is 9. The van der Waals surface area contributed by atoms with Gasteiger partial charge in [-0.25, -0.2) is 13.1 Å². The fraction of sp³-hybridized carbons (Fsp3) is 0.769. The van der Waals surface area contributed by atoms with E-state index in [4.69, 9.17) is 0 Å². The van der Waals surface area contributed by atoms with E-state index >= 15 is 0 Å². The number of likely N-dealkylation sites (N-methyl/N-ethyl adjacent to an activating group) is 1.